The minimum atomic E-state index is 0.114. The Morgan fingerprint density at radius 2 is 1.86 bits per heavy atom. The maximum absolute atomic E-state index is 13.0. The maximum Gasteiger partial charge on any atom is 0.279 e. The third-order valence-corrected chi connectivity index (χ3v) is 7.14. The summed E-state index contributed by atoms with van der Waals surface area (Å²) in [5.74, 6) is 0.114. The van der Waals surface area contributed by atoms with Gasteiger partial charge in [-0.05, 0) is 48.9 Å². The van der Waals surface area contributed by atoms with E-state index in [0.717, 1.165) is 37.0 Å². The van der Waals surface area contributed by atoms with E-state index in [0.29, 0.717) is 12.6 Å². The molecule has 0 aliphatic carbocycles. The number of carbonyl (C=O) groups excluding carboxylic acids is 1. The second-order valence-electron chi connectivity index (χ2n) is 7.86. The summed E-state index contributed by atoms with van der Waals surface area (Å²) in [5.41, 5.74) is 4.53. The number of nitrogens with zero attached hydrogens (tertiary/aromatic N) is 1. The van der Waals surface area contributed by atoms with Gasteiger partial charge in [0.2, 0.25) is 0 Å². The minimum Gasteiger partial charge on any atom is -0.321 e. The number of quaternary nitrogens is 1. The van der Waals surface area contributed by atoms with Gasteiger partial charge in [-0.15, -0.1) is 11.3 Å². The standard InChI is InChI=1S/C24H29N3OS/c1-3-17-10-9-11-18(4-2)23(17)26-22(28)16-27-15-8-7-13-20(27)24-25-19-12-5-6-14-21(19)29-24/h5-6,9-12,14,20H,3-4,7-8,13,15-16H2,1-2H3,(H,26,28)/p+1/t20-/m0/s1. The highest BCUT2D eigenvalue weighted by Gasteiger charge is 2.32. The van der Waals surface area contributed by atoms with Gasteiger partial charge in [0, 0.05) is 12.1 Å². The van der Waals surface area contributed by atoms with Crippen molar-refractivity contribution >= 4 is 33.1 Å². The van der Waals surface area contributed by atoms with E-state index in [1.54, 1.807) is 11.3 Å². The van der Waals surface area contributed by atoms with Crippen LogP contribution in [0.5, 0.6) is 0 Å². The molecule has 152 valence electrons. The van der Waals surface area contributed by atoms with Gasteiger partial charge in [0.1, 0.15) is 6.04 Å². The van der Waals surface area contributed by atoms with Crippen LogP contribution in [0.25, 0.3) is 10.2 Å². The molecule has 3 aromatic rings. The van der Waals surface area contributed by atoms with Crippen molar-refractivity contribution in [2.24, 2.45) is 0 Å². The van der Waals surface area contributed by atoms with Gasteiger partial charge < -0.3 is 10.2 Å². The highest BCUT2D eigenvalue weighted by atomic mass is 32.1. The van der Waals surface area contributed by atoms with Crippen molar-refractivity contribution in [1.29, 1.82) is 0 Å². The Hall–Kier alpha value is -2.24. The number of aryl methyl sites for hydroxylation is 2. The second kappa shape index (κ2) is 9.06. The number of nitrogens with one attached hydrogen (secondary N) is 2. The largest absolute Gasteiger partial charge is 0.321 e. The van der Waals surface area contributed by atoms with Gasteiger partial charge in [-0.1, -0.05) is 44.2 Å². The molecular weight excluding hydrogens is 378 g/mol. The van der Waals surface area contributed by atoms with Crippen molar-refractivity contribution < 1.29 is 9.69 Å². The number of para-hydroxylation sites is 2. The van der Waals surface area contributed by atoms with Crippen LogP contribution in [0, 0.1) is 0 Å². The quantitative estimate of drug-likeness (QED) is 0.643. The Balaban J connectivity index is 1.52. The van der Waals surface area contributed by atoms with Crippen molar-refractivity contribution in [2.75, 3.05) is 18.4 Å². The molecule has 1 aliphatic rings. The van der Waals surface area contributed by atoms with Gasteiger partial charge in [-0.2, -0.15) is 0 Å². The lowest BCUT2D eigenvalue weighted by Crippen LogP contribution is -3.14. The van der Waals surface area contributed by atoms with Crippen molar-refractivity contribution in [1.82, 2.24) is 4.98 Å². The number of amides is 1. The van der Waals surface area contributed by atoms with E-state index in [4.69, 9.17) is 4.98 Å². The van der Waals surface area contributed by atoms with E-state index in [2.05, 4.69) is 55.6 Å². The number of carbonyl (C=O) groups is 1. The first-order valence-corrected chi connectivity index (χ1v) is 11.6. The summed E-state index contributed by atoms with van der Waals surface area (Å²) < 4.78 is 1.24. The Morgan fingerprint density at radius 3 is 2.59 bits per heavy atom. The molecule has 1 aromatic heterocycles. The monoisotopic (exact) mass is 408 g/mol. The van der Waals surface area contributed by atoms with Crippen LogP contribution in [0.3, 0.4) is 0 Å². The highest BCUT2D eigenvalue weighted by molar-refractivity contribution is 7.18. The number of rotatable bonds is 6. The van der Waals surface area contributed by atoms with Crippen LogP contribution in [0.1, 0.15) is 55.3 Å². The van der Waals surface area contributed by atoms with Crippen LogP contribution < -0.4 is 10.2 Å². The number of piperidine rings is 1. The van der Waals surface area contributed by atoms with Crippen LogP contribution in [-0.4, -0.2) is 24.0 Å². The first kappa shape index (κ1) is 20.0. The van der Waals surface area contributed by atoms with Gasteiger partial charge in [0.05, 0.1) is 16.8 Å². The van der Waals surface area contributed by atoms with Crippen molar-refractivity contribution in [3.05, 3.63) is 58.6 Å². The third kappa shape index (κ3) is 4.36. The van der Waals surface area contributed by atoms with Crippen LogP contribution in [0.2, 0.25) is 0 Å². The normalized spacial score (nSPS) is 19.4. The molecule has 1 aliphatic heterocycles. The molecule has 1 unspecified atom stereocenters. The fourth-order valence-electron chi connectivity index (χ4n) is 4.42. The molecule has 0 spiro atoms. The van der Waals surface area contributed by atoms with E-state index < -0.39 is 0 Å². The number of hydrogen-bond acceptors (Lipinski definition) is 3. The number of anilines is 1. The van der Waals surface area contributed by atoms with Crippen LogP contribution in [0.4, 0.5) is 5.69 Å². The van der Waals surface area contributed by atoms with E-state index in [1.807, 2.05) is 6.07 Å². The summed E-state index contributed by atoms with van der Waals surface area (Å²) in [6.07, 6.45) is 5.34. The zero-order chi connectivity index (χ0) is 20.2. The molecule has 5 heteroatoms. The lowest BCUT2D eigenvalue weighted by molar-refractivity contribution is -0.929. The predicted octanol–water partition coefficient (Wildman–Crippen LogP) is 4.17. The first-order chi connectivity index (χ1) is 14.2. The fourth-order valence-corrected chi connectivity index (χ4v) is 5.58. The Labute approximate surface area is 177 Å². The number of hydrogen-bond donors (Lipinski definition) is 2. The molecule has 0 radical (unpaired) electrons. The van der Waals surface area contributed by atoms with Gasteiger partial charge in [0.25, 0.3) is 5.91 Å². The maximum atomic E-state index is 13.0. The van der Waals surface area contributed by atoms with Crippen molar-refractivity contribution in [3.63, 3.8) is 0 Å². The fraction of sp³-hybridized carbons (Fsp3) is 0.417. The Morgan fingerprint density at radius 1 is 1.10 bits per heavy atom. The molecule has 0 saturated carbocycles. The topological polar surface area (TPSA) is 46.4 Å². The van der Waals surface area contributed by atoms with E-state index in [1.165, 1.54) is 38.6 Å². The highest BCUT2D eigenvalue weighted by Crippen LogP contribution is 2.28. The molecule has 29 heavy (non-hydrogen) atoms. The molecule has 1 saturated heterocycles. The smallest absolute Gasteiger partial charge is 0.279 e. The summed E-state index contributed by atoms with van der Waals surface area (Å²) in [7, 11) is 0. The van der Waals surface area contributed by atoms with E-state index >= 15 is 0 Å². The molecule has 0 bridgehead atoms. The van der Waals surface area contributed by atoms with Gasteiger partial charge in [-0.25, -0.2) is 4.98 Å². The van der Waals surface area contributed by atoms with E-state index in [9.17, 15) is 4.79 Å². The number of thiazole rings is 1. The lowest BCUT2D eigenvalue weighted by atomic mass is 10.0. The molecule has 1 fully saturated rings. The number of fused-ring (bicyclic) bond motifs is 1. The summed E-state index contributed by atoms with van der Waals surface area (Å²) in [4.78, 5) is 19.3. The lowest BCUT2D eigenvalue weighted by Gasteiger charge is -2.31. The summed E-state index contributed by atoms with van der Waals surface area (Å²) in [6.45, 7) is 5.82. The molecular formula is C24H30N3OS+. The van der Waals surface area contributed by atoms with Crippen LogP contribution in [-0.2, 0) is 17.6 Å². The van der Waals surface area contributed by atoms with E-state index in [-0.39, 0.29) is 5.91 Å². The number of benzene rings is 2. The van der Waals surface area contributed by atoms with Crippen LogP contribution in [0.15, 0.2) is 42.5 Å². The molecule has 2 aromatic carbocycles. The number of likely N-dealkylation sites (tertiary alicyclic amines) is 1. The zero-order valence-corrected chi connectivity index (χ0v) is 18.1. The number of aromatic nitrogens is 1. The molecule has 2 atom stereocenters. The first-order valence-electron chi connectivity index (χ1n) is 10.8. The van der Waals surface area contributed by atoms with Crippen molar-refractivity contribution in [2.45, 2.75) is 52.0 Å². The van der Waals surface area contributed by atoms with Gasteiger partial charge in [-0.3, -0.25) is 4.79 Å². The van der Waals surface area contributed by atoms with Gasteiger partial charge >= 0.3 is 0 Å². The Kier molecular flexibility index (Phi) is 6.26. The average Bonchev–Trinajstić information content (AvgIpc) is 3.18. The summed E-state index contributed by atoms with van der Waals surface area (Å²) in [5, 5.41) is 4.43. The second-order valence-corrected chi connectivity index (χ2v) is 8.92. The summed E-state index contributed by atoms with van der Waals surface area (Å²) in [6, 6.07) is 15.0. The zero-order valence-electron chi connectivity index (χ0n) is 17.3. The third-order valence-electron chi connectivity index (χ3n) is 5.99. The predicted molar refractivity (Wildman–Crippen MR) is 121 cm³/mol. The van der Waals surface area contributed by atoms with Crippen LogP contribution >= 0.6 is 11.3 Å². The summed E-state index contributed by atoms with van der Waals surface area (Å²) >= 11 is 1.79. The molecule has 2 heterocycles. The molecule has 4 nitrogen and oxygen atoms in total. The average molecular weight is 409 g/mol. The van der Waals surface area contributed by atoms with Gasteiger partial charge in [0.15, 0.2) is 11.6 Å². The molecule has 2 N–H and O–H groups in total. The molecule has 1 amide bonds. The van der Waals surface area contributed by atoms with Crippen molar-refractivity contribution in [3.8, 4) is 0 Å². The Bertz CT molecular complexity index is 941. The minimum absolute atomic E-state index is 0.114. The SMILES string of the molecule is CCc1cccc(CC)c1NC(=O)C[NH+]1CCCC[C@H]1c1nc2ccccc2s1. The molecule has 4 rings (SSSR count).